The van der Waals surface area contributed by atoms with Gasteiger partial charge in [0.05, 0.1) is 0 Å². The van der Waals surface area contributed by atoms with Gasteiger partial charge in [-0.15, -0.1) is 0 Å². The second-order valence-corrected chi connectivity index (χ2v) is 11.7. The predicted molar refractivity (Wildman–Crippen MR) is 150 cm³/mol. The van der Waals surface area contributed by atoms with E-state index in [4.69, 9.17) is 23.2 Å². The fraction of sp³-hybridized carbons (Fsp3) is 0.533. The molecule has 2 aromatic rings. The Morgan fingerprint density at radius 2 is 1.53 bits per heavy atom. The van der Waals surface area contributed by atoms with E-state index >= 15 is 0 Å². The zero-order valence-corrected chi connectivity index (χ0v) is 23.3. The van der Waals surface area contributed by atoms with Crippen molar-refractivity contribution in [1.29, 1.82) is 0 Å². The molecular formula is C30H36Cl2FN3O2. The van der Waals surface area contributed by atoms with Crippen LogP contribution in [0.3, 0.4) is 0 Å². The molecular weight excluding hydrogens is 524 g/mol. The zero-order chi connectivity index (χ0) is 26.6. The molecule has 0 spiro atoms. The molecule has 0 unspecified atom stereocenters. The topological polar surface area (TPSA) is 43.9 Å². The van der Waals surface area contributed by atoms with Gasteiger partial charge >= 0.3 is 0 Å². The van der Waals surface area contributed by atoms with Gasteiger partial charge in [0.1, 0.15) is 6.67 Å². The van der Waals surface area contributed by atoms with Crippen molar-refractivity contribution in [3.05, 3.63) is 57.6 Å². The van der Waals surface area contributed by atoms with Crippen molar-refractivity contribution in [2.45, 2.75) is 45.1 Å². The first-order valence-corrected chi connectivity index (χ1v) is 14.6. The van der Waals surface area contributed by atoms with E-state index in [1.165, 1.54) is 32.1 Å². The summed E-state index contributed by atoms with van der Waals surface area (Å²) in [5.41, 5.74) is 3.20. The number of rotatable bonds is 7. The van der Waals surface area contributed by atoms with Gasteiger partial charge in [-0.05, 0) is 60.6 Å². The van der Waals surface area contributed by atoms with Gasteiger partial charge in [-0.1, -0.05) is 54.6 Å². The number of halogens is 3. The van der Waals surface area contributed by atoms with Crippen molar-refractivity contribution in [1.82, 2.24) is 14.7 Å². The molecule has 8 heteroatoms. The van der Waals surface area contributed by atoms with Gasteiger partial charge in [0.15, 0.2) is 0 Å². The number of hydrogen-bond donors (Lipinski definition) is 0. The second kappa shape index (κ2) is 12.4. The van der Waals surface area contributed by atoms with Crippen LogP contribution in [0.15, 0.2) is 36.4 Å². The molecule has 3 aliphatic rings. The highest BCUT2D eigenvalue weighted by molar-refractivity contribution is 6.36. The molecule has 0 radical (unpaired) electrons. The lowest BCUT2D eigenvalue weighted by atomic mass is 9.79. The Hall–Kier alpha value is -2.15. The highest BCUT2D eigenvalue weighted by atomic mass is 35.5. The molecule has 2 aliphatic heterocycles. The van der Waals surface area contributed by atoms with Crippen LogP contribution in [-0.4, -0.2) is 72.5 Å². The normalized spacial score (nSPS) is 21.3. The molecule has 5 rings (SSSR count). The number of carbonyl (C=O) groups is 2. The standard InChI is InChI=1S/C30H36Cl2FN3O2/c31-27-18-24(21-6-8-23(9-7-21)29(37)35-16-14-34(13-11-33)15-17-35)19-28(32)26(27)20-36-12-10-25(30(36)38)22-4-2-1-3-5-22/h6-9,18-19,22,25H,1-5,10-17,20H2/t25-/m1/s1. The van der Waals surface area contributed by atoms with E-state index in [1.807, 2.05) is 51.1 Å². The van der Waals surface area contributed by atoms with E-state index in [9.17, 15) is 14.0 Å². The van der Waals surface area contributed by atoms with Gasteiger partial charge in [-0.3, -0.25) is 14.5 Å². The third-order valence-corrected chi connectivity index (χ3v) is 9.25. The SMILES string of the molecule is O=C(c1ccc(-c2cc(Cl)c(CN3CC[C@H](C4CCCCC4)C3=O)c(Cl)c2)cc1)N1CCN(CCF)CC1. The molecule has 204 valence electrons. The van der Waals surface area contributed by atoms with Crippen molar-refractivity contribution in [3.63, 3.8) is 0 Å². The van der Waals surface area contributed by atoms with Crippen LogP contribution in [0, 0.1) is 11.8 Å². The molecule has 3 fully saturated rings. The number of piperazine rings is 1. The molecule has 38 heavy (non-hydrogen) atoms. The van der Waals surface area contributed by atoms with Gasteiger partial charge in [0.25, 0.3) is 5.91 Å². The second-order valence-electron chi connectivity index (χ2n) is 10.9. The monoisotopic (exact) mass is 559 g/mol. The molecule has 2 amide bonds. The largest absolute Gasteiger partial charge is 0.338 e. The van der Waals surface area contributed by atoms with Crippen LogP contribution in [0.1, 0.15) is 54.4 Å². The van der Waals surface area contributed by atoms with E-state index in [1.54, 1.807) is 0 Å². The Labute approximate surface area is 234 Å². The third kappa shape index (κ3) is 6.03. The minimum atomic E-state index is -0.359. The molecule has 1 saturated carbocycles. The van der Waals surface area contributed by atoms with Crippen molar-refractivity contribution >= 4 is 35.0 Å². The number of nitrogens with zero attached hydrogens (tertiary/aromatic N) is 3. The number of benzene rings is 2. The predicted octanol–water partition coefficient (Wildman–Crippen LogP) is 6.32. The lowest BCUT2D eigenvalue weighted by Crippen LogP contribution is -2.49. The molecule has 1 atom stereocenters. The van der Waals surface area contributed by atoms with E-state index in [2.05, 4.69) is 0 Å². The van der Waals surface area contributed by atoms with Crippen molar-refractivity contribution in [2.75, 3.05) is 45.9 Å². The Bertz CT molecular complexity index is 1120. The van der Waals surface area contributed by atoms with Crippen molar-refractivity contribution < 1.29 is 14.0 Å². The van der Waals surface area contributed by atoms with Gasteiger partial charge in [-0.2, -0.15) is 0 Å². The Morgan fingerprint density at radius 3 is 2.16 bits per heavy atom. The Morgan fingerprint density at radius 1 is 0.868 bits per heavy atom. The summed E-state index contributed by atoms with van der Waals surface area (Å²) in [6, 6.07) is 11.3. The maximum absolute atomic E-state index is 13.2. The maximum Gasteiger partial charge on any atom is 0.253 e. The molecule has 2 saturated heterocycles. The lowest BCUT2D eigenvalue weighted by Gasteiger charge is -2.34. The average molecular weight is 561 g/mol. The summed E-state index contributed by atoms with van der Waals surface area (Å²) < 4.78 is 12.6. The third-order valence-electron chi connectivity index (χ3n) is 8.57. The van der Waals surface area contributed by atoms with Crippen LogP contribution in [-0.2, 0) is 11.3 Å². The average Bonchev–Trinajstić information content (AvgIpc) is 3.31. The summed E-state index contributed by atoms with van der Waals surface area (Å²) in [5.74, 6) is 0.907. The molecule has 5 nitrogen and oxygen atoms in total. The number of alkyl halides is 1. The smallest absolute Gasteiger partial charge is 0.253 e. The maximum atomic E-state index is 13.2. The lowest BCUT2D eigenvalue weighted by molar-refractivity contribution is -0.133. The van der Waals surface area contributed by atoms with Gasteiger partial charge in [-0.25, -0.2) is 4.39 Å². The van der Waals surface area contributed by atoms with Crippen molar-refractivity contribution in [3.8, 4) is 11.1 Å². The van der Waals surface area contributed by atoms with Gasteiger partial charge in [0, 0.05) is 72.9 Å². The van der Waals surface area contributed by atoms with E-state index in [0.29, 0.717) is 60.8 Å². The van der Waals surface area contributed by atoms with Crippen LogP contribution >= 0.6 is 23.2 Å². The Balaban J connectivity index is 1.23. The summed E-state index contributed by atoms with van der Waals surface area (Å²) in [6.45, 7) is 3.86. The molecule has 0 N–H and O–H groups in total. The van der Waals surface area contributed by atoms with Crippen molar-refractivity contribution in [2.24, 2.45) is 11.8 Å². The first-order chi connectivity index (χ1) is 18.4. The molecule has 1 aliphatic carbocycles. The summed E-state index contributed by atoms with van der Waals surface area (Å²) in [7, 11) is 0. The minimum Gasteiger partial charge on any atom is -0.338 e. The molecule has 0 aromatic heterocycles. The van der Waals surface area contributed by atoms with Crippen LogP contribution in [0.25, 0.3) is 11.1 Å². The van der Waals surface area contributed by atoms with Crippen LogP contribution < -0.4 is 0 Å². The van der Waals surface area contributed by atoms with Crippen LogP contribution in [0.2, 0.25) is 10.0 Å². The first kappa shape index (κ1) is 27.4. The molecule has 2 aromatic carbocycles. The summed E-state index contributed by atoms with van der Waals surface area (Å²) in [6.07, 6.45) is 7.03. The fourth-order valence-electron chi connectivity index (χ4n) is 6.29. The van der Waals surface area contributed by atoms with E-state index < -0.39 is 0 Å². The fourth-order valence-corrected chi connectivity index (χ4v) is 6.89. The summed E-state index contributed by atoms with van der Waals surface area (Å²) in [5, 5.41) is 1.10. The van der Waals surface area contributed by atoms with Crippen LogP contribution in [0.5, 0.6) is 0 Å². The van der Waals surface area contributed by atoms with Gasteiger partial charge < -0.3 is 9.80 Å². The zero-order valence-electron chi connectivity index (χ0n) is 21.8. The molecule has 2 heterocycles. The number of hydrogen-bond acceptors (Lipinski definition) is 3. The molecule has 0 bridgehead atoms. The number of likely N-dealkylation sites (tertiary alicyclic amines) is 1. The summed E-state index contributed by atoms with van der Waals surface area (Å²) in [4.78, 5) is 31.9. The van der Waals surface area contributed by atoms with Crippen LogP contribution in [0.4, 0.5) is 4.39 Å². The Kier molecular flexibility index (Phi) is 8.91. The highest BCUT2D eigenvalue weighted by Gasteiger charge is 2.37. The number of amides is 2. The summed E-state index contributed by atoms with van der Waals surface area (Å²) >= 11 is 13.4. The van der Waals surface area contributed by atoms with E-state index in [-0.39, 0.29) is 24.4 Å². The minimum absolute atomic E-state index is 0.00956. The van der Waals surface area contributed by atoms with E-state index in [0.717, 1.165) is 29.7 Å². The first-order valence-electron chi connectivity index (χ1n) is 13.9. The number of carbonyl (C=O) groups excluding carboxylic acids is 2. The quantitative estimate of drug-likeness (QED) is 0.399. The highest BCUT2D eigenvalue weighted by Crippen LogP contribution is 2.38. The van der Waals surface area contributed by atoms with Gasteiger partial charge in [0.2, 0.25) is 5.91 Å².